The number of hydrogen-bond donors (Lipinski definition) is 0. The van der Waals surface area contributed by atoms with Crippen molar-refractivity contribution >= 4 is 10.3 Å². The minimum Gasteiger partial charge on any atom is -0.343 e. The summed E-state index contributed by atoms with van der Waals surface area (Å²) in [6.07, 6.45) is -1.44. The molecule has 24 heavy (non-hydrogen) atoms. The maximum absolute atomic E-state index is 11.9. The third kappa shape index (κ3) is 3.21. The Kier molecular flexibility index (Phi) is 4.29. The Labute approximate surface area is 142 Å². The molecule has 3 aliphatic rings. The Morgan fingerprint density at radius 2 is 1.75 bits per heavy atom. The molecule has 0 saturated carbocycles. The summed E-state index contributed by atoms with van der Waals surface area (Å²) in [7, 11) is -1.11. The average Bonchev–Trinajstić information content (AvgIpc) is 2.88. The van der Waals surface area contributed by atoms with Gasteiger partial charge in [0.2, 0.25) is 5.79 Å². The van der Waals surface area contributed by atoms with E-state index in [1.54, 1.807) is 27.7 Å². The van der Waals surface area contributed by atoms with Gasteiger partial charge in [0.1, 0.15) is 24.9 Å². The lowest BCUT2D eigenvalue weighted by atomic mass is 9.98. The molecule has 0 aromatic carbocycles. The molecule has 3 saturated heterocycles. The molecule has 3 heterocycles. The number of rotatable bonds is 4. The maximum Gasteiger partial charge on any atom is 0.338 e. The van der Waals surface area contributed by atoms with Crippen molar-refractivity contribution in [1.29, 1.82) is 0 Å². The van der Waals surface area contributed by atoms with Crippen molar-refractivity contribution in [2.45, 2.75) is 63.4 Å². The van der Waals surface area contributed by atoms with Crippen LogP contribution in [0.25, 0.3) is 0 Å². The van der Waals surface area contributed by atoms with Gasteiger partial charge in [-0.3, -0.25) is 4.18 Å². The van der Waals surface area contributed by atoms with Gasteiger partial charge < -0.3 is 23.7 Å². The van der Waals surface area contributed by atoms with E-state index in [1.807, 2.05) is 0 Å². The summed E-state index contributed by atoms with van der Waals surface area (Å²) in [5, 5.41) is 0. The van der Waals surface area contributed by atoms with Crippen LogP contribution in [-0.2, 0) is 38.2 Å². The maximum atomic E-state index is 11.9. The molecule has 3 fully saturated rings. The van der Waals surface area contributed by atoms with E-state index in [4.69, 9.17) is 27.9 Å². The number of fused-ring (bicyclic) bond motifs is 3. The summed E-state index contributed by atoms with van der Waals surface area (Å²) in [4.78, 5) is 0. The Hall–Kier alpha value is -0.330. The van der Waals surface area contributed by atoms with Gasteiger partial charge in [-0.1, -0.05) is 0 Å². The van der Waals surface area contributed by atoms with Gasteiger partial charge in [0, 0.05) is 14.1 Å². The van der Waals surface area contributed by atoms with Crippen molar-refractivity contribution < 1.29 is 36.3 Å². The molecule has 0 amide bonds. The van der Waals surface area contributed by atoms with Gasteiger partial charge in [0.25, 0.3) is 0 Å². The zero-order chi connectivity index (χ0) is 18.0. The van der Waals surface area contributed by atoms with Crippen molar-refractivity contribution in [2.24, 2.45) is 0 Å². The molecular weight excluding hydrogens is 342 g/mol. The van der Waals surface area contributed by atoms with E-state index in [0.29, 0.717) is 0 Å². The SMILES string of the molecule is CN(C)S(=O)(=O)OC[C@@]12OC[C@H]3OC(C)(C)OC3C1OC(C)(C)O2. The second-order valence-electron chi connectivity index (χ2n) is 7.30. The van der Waals surface area contributed by atoms with Gasteiger partial charge in [0.05, 0.1) is 6.61 Å². The minimum absolute atomic E-state index is 0.190. The van der Waals surface area contributed by atoms with E-state index < -0.39 is 39.9 Å². The van der Waals surface area contributed by atoms with Crippen molar-refractivity contribution in [3.8, 4) is 0 Å². The lowest BCUT2D eigenvalue weighted by Gasteiger charge is -2.40. The summed E-state index contributed by atoms with van der Waals surface area (Å²) in [5.74, 6) is -3.13. The zero-order valence-corrected chi connectivity index (χ0v) is 15.6. The molecule has 0 N–H and O–H groups in total. The van der Waals surface area contributed by atoms with Crippen LogP contribution in [0.2, 0.25) is 0 Å². The van der Waals surface area contributed by atoms with Gasteiger partial charge in [-0.25, -0.2) is 0 Å². The topological polar surface area (TPSA) is 92.8 Å². The lowest BCUT2D eigenvalue weighted by Crippen LogP contribution is -2.60. The molecule has 4 atom stereocenters. The summed E-state index contributed by atoms with van der Waals surface area (Å²) in [6, 6.07) is 0. The fraction of sp³-hybridized carbons (Fsp3) is 1.00. The lowest BCUT2D eigenvalue weighted by molar-refractivity contribution is -0.290. The molecule has 140 valence electrons. The van der Waals surface area contributed by atoms with Crippen LogP contribution in [0.5, 0.6) is 0 Å². The third-order valence-electron chi connectivity index (χ3n) is 4.13. The summed E-state index contributed by atoms with van der Waals surface area (Å²) < 4.78 is 59.4. The van der Waals surface area contributed by atoms with Crippen LogP contribution < -0.4 is 0 Å². The van der Waals surface area contributed by atoms with Crippen LogP contribution in [0, 0.1) is 0 Å². The highest BCUT2D eigenvalue weighted by Gasteiger charge is 2.65. The summed E-state index contributed by atoms with van der Waals surface area (Å²) in [5.41, 5.74) is 0. The predicted octanol–water partition coefficient (Wildman–Crippen LogP) is 0.208. The van der Waals surface area contributed by atoms with Gasteiger partial charge >= 0.3 is 10.3 Å². The van der Waals surface area contributed by atoms with E-state index >= 15 is 0 Å². The Bertz CT molecular complexity index is 604. The minimum atomic E-state index is -3.88. The predicted molar refractivity (Wildman–Crippen MR) is 81.1 cm³/mol. The Balaban J connectivity index is 1.85. The first-order valence-corrected chi connectivity index (χ1v) is 9.17. The monoisotopic (exact) mass is 367 g/mol. The van der Waals surface area contributed by atoms with E-state index in [0.717, 1.165) is 4.31 Å². The highest BCUT2D eigenvalue weighted by molar-refractivity contribution is 7.84. The molecule has 0 radical (unpaired) electrons. The molecule has 0 aliphatic carbocycles. The zero-order valence-electron chi connectivity index (χ0n) is 14.8. The van der Waals surface area contributed by atoms with Gasteiger partial charge in [-0.2, -0.15) is 12.7 Å². The highest BCUT2D eigenvalue weighted by atomic mass is 32.2. The first-order valence-electron chi connectivity index (χ1n) is 7.80. The Morgan fingerprint density at radius 3 is 2.38 bits per heavy atom. The van der Waals surface area contributed by atoms with Crippen LogP contribution in [0.4, 0.5) is 0 Å². The average molecular weight is 367 g/mol. The van der Waals surface area contributed by atoms with E-state index in [9.17, 15) is 8.42 Å². The summed E-state index contributed by atoms with van der Waals surface area (Å²) in [6.45, 7) is 6.92. The van der Waals surface area contributed by atoms with Gasteiger partial charge in [-0.05, 0) is 27.7 Å². The summed E-state index contributed by atoms with van der Waals surface area (Å²) >= 11 is 0. The van der Waals surface area contributed by atoms with Crippen LogP contribution in [0.15, 0.2) is 0 Å². The van der Waals surface area contributed by atoms with Gasteiger partial charge in [0.15, 0.2) is 11.6 Å². The van der Waals surface area contributed by atoms with E-state index in [2.05, 4.69) is 0 Å². The molecule has 10 heteroatoms. The molecule has 3 aliphatic heterocycles. The van der Waals surface area contributed by atoms with Crippen molar-refractivity contribution in [1.82, 2.24) is 4.31 Å². The number of hydrogen-bond acceptors (Lipinski definition) is 8. The quantitative estimate of drug-likeness (QED) is 0.696. The number of nitrogens with zero attached hydrogens (tertiary/aromatic N) is 1. The number of ether oxygens (including phenoxy) is 5. The van der Waals surface area contributed by atoms with Crippen LogP contribution in [0.3, 0.4) is 0 Å². The first kappa shape index (κ1) is 18.5. The van der Waals surface area contributed by atoms with Crippen LogP contribution >= 0.6 is 0 Å². The smallest absolute Gasteiger partial charge is 0.338 e. The highest BCUT2D eigenvalue weighted by Crippen LogP contribution is 2.47. The second kappa shape index (κ2) is 5.58. The van der Waals surface area contributed by atoms with E-state index in [1.165, 1.54) is 14.1 Å². The van der Waals surface area contributed by atoms with Crippen LogP contribution in [-0.4, -0.2) is 75.7 Å². The molecule has 0 aromatic rings. The normalized spacial score (nSPS) is 40.5. The van der Waals surface area contributed by atoms with E-state index in [-0.39, 0.29) is 19.3 Å². The first-order chi connectivity index (χ1) is 10.9. The standard InChI is InChI=1S/C14H25NO8S/c1-12(2)20-9-7-18-14(8-19-24(16,17)15(5)6)11(10(9)21-12)22-13(3,4)23-14/h9-11H,7-8H2,1-6H3/t9-,10?,11?,14+/m1/s1. The molecule has 0 aromatic heterocycles. The fourth-order valence-corrected chi connectivity index (χ4v) is 3.73. The largest absolute Gasteiger partial charge is 0.343 e. The molecule has 0 spiro atoms. The van der Waals surface area contributed by atoms with Crippen LogP contribution in [0.1, 0.15) is 27.7 Å². The van der Waals surface area contributed by atoms with Crippen molar-refractivity contribution in [3.63, 3.8) is 0 Å². The van der Waals surface area contributed by atoms with Crippen molar-refractivity contribution in [3.05, 3.63) is 0 Å². The molecule has 0 bridgehead atoms. The Morgan fingerprint density at radius 1 is 1.08 bits per heavy atom. The fourth-order valence-electron chi connectivity index (χ4n) is 3.21. The van der Waals surface area contributed by atoms with Gasteiger partial charge in [-0.15, -0.1) is 0 Å². The molecule has 9 nitrogen and oxygen atoms in total. The van der Waals surface area contributed by atoms with Crippen molar-refractivity contribution in [2.75, 3.05) is 27.3 Å². The molecule has 2 unspecified atom stereocenters. The second-order valence-corrected chi connectivity index (χ2v) is 9.13. The third-order valence-corrected chi connectivity index (χ3v) is 5.44. The molecular formula is C14H25NO8S. The molecule has 3 rings (SSSR count).